The van der Waals surface area contributed by atoms with Gasteiger partial charge in [-0.2, -0.15) is 0 Å². The Bertz CT molecular complexity index is 1100. The number of benzene rings is 3. The zero-order chi connectivity index (χ0) is 18.8. The second-order valence-corrected chi connectivity index (χ2v) is 7.29. The molecule has 1 aromatic heterocycles. The third-order valence-corrected chi connectivity index (χ3v) is 5.35. The van der Waals surface area contributed by atoms with E-state index in [0.29, 0.717) is 10.5 Å². The molecule has 0 unspecified atom stereocenters. The molecule has 0 N–H and O–H groups in total. The minimum absolute atomic E-state index is 0.00856. The van der Waals surface area contributed by atoms with Gasteiger partial charge in [0.05, 0.1) is 16.9 Å². The van der Waals surface area contributed by atoms with E-state index < -0.39 is 0 Å². The molecular formula is C22H19BN2OS. The van der Waals surface area contributed by atoms with Crippen molar-refractivity contribution in [3.63, 3.8) is 0 Å². The van der Waals surface area contributed by atoms with Crippen LogP contribution in [0.2, 0.25) is 0 Å². The van der Waals surface area contributed by atoms with Gasteiger partial charge in [-0.15, -0.1) is 0 Å². The zero-order valence-corrected chi connectivity index (χ0v) is 16.1. The van der Waals surface area contributed by atoms with Gasteiger partial charge in [-0.05, 0) is 23.4 Å². The van der Waals surface area contributed by atoms with E-state index in [4.69, 9.17) is 4.98 Å². The molecule has 0 atom stereocenters. The molecule has 1 heterocycles. The summed E-state index contributed by atoms with van der Waals surface area (Å²) in [4.78, 5) is 18.4. The van der Waals surface area contributed by atoms with E-state index in [9.17, 15) is 4.79 Å². The second kappa shape index (κ2) is 7.45. The van der Waals surface area contributed by atoms with Crippen molar-refractivity contribution in [2.24, 2.45) is 0 Å². The van der Waals surface area contributed by atoms with Gasteiger partial charge < -0.3 is 0 Å². The van der Waals surface area contributed by atoms with E-state index in [0.717, 1.165) is 22.1 Å². The van der Waals surface area contributed by atoms with Crippen molar-refractivity contribution in [3.8, 4) is 0 Å². The van der Waals surface area contributed by atoms with Crippen molar-refractivity contribution in [1.29, 1.82) is 0 Å². The van der Waals surface area contributed by atoms with Crippen LogP contribution < -0.4 is 11.0 Å². The van der Waals surface area contributed by atoms with E-state index in [2.05, 4.69) is 24.3 Å². The lowest BCUT2D eigenvalue weighted by molar-refractivity contribution is 0.578. The highest BCUT2D eigenvalue weighted by Gasteiger charge is 2.22. The molecule has 0 aliphatic heterocycles. The fourth-order valence-corrected chi connectivity index (χ4v) is 4.00. The number of fused-ring (bicyclic) bond motifs is 1. The number of hydrogen-bond donors (Lipinski definition) is 0. The lowest BCUT2D eigenvalue weighted by Gasteiger charge is -2.23. The van der Waals surface area contributed by atoms with Crippen LogP contribution in [0, 0.1) is 0 Å². The monoisotopic (exact) mass is 370 g/mol. The van der Waals surface area contributed by atoms with Crippen LogP contribution in [-0.4, -0.2) is 23.7 Å². The number of nitrogens with zero attached hydrogens (tertiary/aromatic N) is 2. The first-order valence-corrected chi connectivity index (χ1v) is 10.1. The summed E-state index contributed by atoms with van der Waals surface area (Å²) in [7, 11) is 2.00. The summed E-state index contributed by atoms with van der Waals surface area (Å²) in [6.07, 6.45) is 1.96. The standard InChI is InChI=1S/C22H19BN2OS/c1-27-22-24-19-13-12-17(23)14-18(19)21(26)25(22)20(15-8-4-2-5-9-15)16-10-6-3-7-11-16/h2-14,20H,23H2,1H3. The van der Waals surface area contributed by atoms with Crippen LogP contribution >= 0.6 is 11.8 Å². The van der Waals surface area contributed by atoms with Crippen molar-refractivity contribution in [2.75, 3.05) is 6.26 Å². The topological polar surface area (TPSA) is 34.9 Å². The van der Waals surface area contributed by atoms with E-state index in [-0.39, 0.29) is 11.6 Å². The highest BCUT2D eigenvalue weighted by atomic mass is 32.2. The van der Waals surface area contributed by atoms with Crippen molar-refractivity contribution in [3.05, 3.63) is 100 Å². The van der Waals surface area contributed by atoms with Crippen LogP contribution in [-0.2, 0) is 0 Å². The molecule has 0 bridgehead atoms. The summed E-state index contributed by atoms with van der Waals surface area (Å²) >= 11 is 1.50. The number of rotatable bonds is 4. The zero-order valence-electron chi connectivity index (χ0n) is 15.3. The Kier molecular flexibility index (Phi) is 4.86. The third-order valence-electron chi connectivity index (χ3n) is 4.69. The summed E-state index contributed by atoms with van der Waals surface area (Å²) in [5.41, 5.74) is 3.92. The lowest BCUT2D eigenvalue weighted by atomic mass is 9.94. The number of thioether (sulfide) groups is 1. The number of hydrogen-bond acceptors (Lipinski definition) is 3. The van der Waals surface area contributed by atoms with Gasteiger partial charge in [-0.3, -0.25) is 9.36 Å². The molecule has 0 aliphatic carbocycles. The molecule has 0 saturated heterocycles. The van der Waals surface area contributed by atoms with E-state index >= 15 is 0 Å². The Balaban J connectivity index is 2.07. The van der Waals surface area contributed by atoms with Crippen molar-refractivity contribution in [2.45, 2.75) is 11.2 Å². The molecule has 3 nitrogen and oxygen atoms in total. The van der Waals surface area contributed by atoms with Gasteiger partial charge in [0.25, 0.3) is 5.56 Å². The highest BCUT2D eigenvalue weighted by Crippen LogP contribution is 2.29. The Morgan fingerprint density at radius 2 is 1.52 bits per heavy atom. The van der Waals surface area contributed by atoms with Crippen molar-refractivity contribution < 1.29 is 0 Å². The van der Waals surface area contributed by atoms with E-state index in [1.165, 1.54) is 11.8 Å². The van der Waals surface area contributed by atoms with E-state index in [1.807, 2.05) is 73.3 Å². The van der Waals surface area contributed by atoms with Gasteiger partial charge >= 0.3 is 0 Å². The average Bonchev–Trinajstić information content (AvgIpc) is 2.72. The van der Waals surface area contributed by atoms with Crippen molar-refractivity contribution >= 4 is 36.0 Å². The lowest BCUT2D eigenvalue weighted by Crippen LogP contribution is -2.29. The first kappa shape index (κ1) is 17.6. The Morgan fingerprint density at radius 1 is 0.926 bits per heavy atom. The first-order valence-electron chi connectivity index (χ1n) is 8.86. The molecule has 132 valence electrons. The van der Waals surface area contributed by atoms with Gasteiger partial charge in [0.1, 0.15) is 7.85 Å². The normalized spacial score (nSPS) is 11.2. The minimum atomic E-state index is -0.222. The molecule has 0 radical (unpaired) electrons. The summed E-state index contributed by atoms with van der Waals surface area (Å²) in [6, 6.07) is 25.9. The van der Waals surface area contributed by atoms with Crippen molar-refractivity contribution in [1.82, 2.24) is 9.55 Å². The maximum atomic E-state index is 13.6. The van der Waals surface area contributed by atoms with Gasteiger partial charge in [-0.1, -0.05) is 90.0 Å². The van der Waals surface area contributed by atoms with Gasteiger partial charge in [0, 0.05) is 0 Å². The van der Waals surface area contributed by atoms with Gasteiger partial charge in [0.2, 0.25) is 0 Å². The Hall–Kier alpha value is -2.79. The largest absolute Gasteiger partial charge is 0.275 e. The van der Waals surface area contributed by atoms with Crippen LogP contribution in [0.3, 0.4) is 0 Å². The maximum absolute atomic E-state index is 13.6. The number of aromatic nitrogens is 2. The molecule has 0 saturated carbocycles. The van der Waals surface area contributed by atoms with Gasteiger partial charge in [0.15, 0.2) is 5.16 Å². The second-order valence-electron chi connectivity index (χ2n) is 6.52. The average molecular weight is 370 g/mol. The Labute approximate surface area is 163 Å². The highest BCUT2D eigenvalue weighted by molar-refractivity contribution is 7.98. The summed E-state index contributed by atoms with van der Waals surface area (Å²) in [5, 5.41) is 1.37. The van der Waals surface area contributed by atoms with Crippen LogP contribution in [0.1, 0.15) is 17.2 Å². The maximum Gasteiger partial charge on any atom is 0.262 e. The summed E-state index contributed by atoms with van der Waals surface area (Å²) < 4.78 is 1.83. The minimum Gasteiger partial charge on any atom is -0.275 e. The predicted molar refractivity (Wildman–Crippen MR) is 116 cm³/mol. The van der Waals surface area contributed by atoms with Gasteiger partial charge in [-0.25, -0.2) is 4.98 Å². The molecule has 0 fully saturated rings. The molecule has 0 spiro atoms. The molecule has 4 aromatic rings. The summed E-state index contributed by atoms with van der Waals surface area (Å²) in [5.74, 6) is 0. The van der Waals surface area contributed by atoms with E-state index in [1.54, 1.807) is 0 Å². The molecule has 27 heavy (non-hydrogen) atoms. The molecule has 0 amide bonds. The van der Waals surface area contributed by atoms with Crippen LogP contribution in [0.15, 0.2) is 88.8 Å². The van der Waals surface area contributed by atoms with Crippen LogP contribution in [0.25, 0.3) is 10.9 Å². The molecule has 3 aromatic carbocycles. The Morgan fingerprint density at radius 3 is 2.07 bits per heavy atom. The third kappa shape index (κ3) is 3.31. The summed E-state index contributed by atoms with van der Waals surface area (Å²) in [6.45, 7) is 0. The molecule has 5 heteroatoms. The van der Waals surface area contributed by atoms with Crippen LogP contribution in [0.4, 0.5) is 0 Å². The SMILES string of the molecule is Bc1ccc2nc(SC)n(C(c3ccccc3)c3ccccc3)c(=O)c2c1. The quantitative estimate of drug-likeness (QED) is 0.315. The molecule has 0 aliphatic rings. The smallest absolute Gasteiger partial charge is 0.262 e. The fraction of sp³-hybridized carbons (Fsp3) is 0.0909. The first-order chi connectivity index (χ1) is 13.2. The fourth-order valence-electron chi connectivity index (χ4n) is 3.43. The molecular weight excluding hydrogens is 351 g/mol. The molecule has 4 rings (SSSR count). The predicted octanol–water partition coefficient (Wildman–Crippen LogP) is 3.01. The van der Waals surface area contributed by atoms with Crippen LogP contribution in [0.5, 0.6) is 0 Å².